The highest BCUT2D eigenvalue weighted by atomic mass is 35.5. The first-order chi connectivity index (χ1) is 17.6. The maximum atomic E-state index is 13.7. The summed E-state index contributed by atoms with van der Waals surface area (Å²) in [7, 11) is -1.72. The number of hydrogen-bond acceptors (Lipinski definition) is 7. The lowest BCUT2D eigenvalue weighted by atomic mass is 9.94. The number of rotatable bonds is 7. The molecule has 1 fully saturated rings. The average molecular weight is 546 g/mol. The van der Waals surface area contributed by atoms with Crippen LogP contribution in [0.4, 0.5) is 0 Å². The molecule has 2 N–H and O–H groups in total. The molecule has 2 aliphatic rings. The number of methoxy groups -OCH3 is 1. The number of H-pyrrole nitrogens is 1. The number of ether oxygens (including phenoxy) is 2. The van der Waals surface area contributed by atoms with Gasteiger partial charge in [-0.1, -0.05) is 31.5 Å². The Bertz CT molecular complexity index is 1470. The molecule has 0 saturated carbocycles. The molecule has 0 bridgehead atoms. The Morgan fingerprint density at radius 2 is 2.00 bits per heavy atom. The van der Waals surface area contributed by atoms with Gasteiger partial charge >= 0.3 is 0 Å². The number of aromatic nitrogens is 2. The Morgan fingerprint density at radius 1 is 1.22 bits per heavy atom. The van der Waals surface area contributed by atoms with Crippen LogP contribution in [0.2, 0.25) is 5.02 Å². The predicted octanol–water partition coefficient (Wildman–Crippen LogP) is 4.21. The third-order valence-corrected chi connectivity index (χ3v) is 8.68. The Kier molecular flexibility index (Phi) is 6.57. The minimum absolute atomic E-state index is 0.0214. The van der Waals surface area contributed by atoms with Crippen molar-refractivity contribution in [2.45, 2.75) is 32.4 Å². The molecule has 196 valence electrons. The van der Waals surface area contributed by atoms with E-state index in [1.807, 2.05) is 19.9 Å². The molecule has 2 atom stereocenters. The average Bonchev–Trinajstić information content (AvgIpc) is 3.52. The van der Waals surface area contributed by atoms with Crippen LogP contribution >= 0.6 is 11.6 Å². The number of amides is 1. The van der Waals surface area contributed by atoms with Gasteiger partial charge in [-0.25, -0.2) is 8.42 Å². The second-order valence-electron chi connectivity index (χ2n) is 9.81. The molecule has 0 spiro atoms. The number of fused-ring (bicyclic) bond motifs is 1. The van der Waals surface area contributed by atoms with Crippen LogP contribution in [0.25, 0.3) is 11.3 Å². The molecular formula is C26H28ClN3O6S. The fraction of sp³-hybridized carbons (Fsp3) is 0.385. The van der Waals surface area contributed by atoms with Crippen LogP contribution in [0.3, 0.4) is 0 Å². The lowest BCUT2D eigenvalue weighted by Crippen LogP contribution is -2.40. The Hall–Kier alpha value is -3.24. The topological polar surface area (TPSA) is 122 Å². The van der Waals surface area contributed by atoms with Gasteiger partial charge in [-0.2, -0.15) is 5.10 Å². The largest absolute Gasteiger partial charge is 0.507 e. The Morgan fingerprint density at radius 3 is 2.68 bits per heavy atom. The molecule has 3 aromatic rings. The summed E-state index contributed by atoms with van der Waals surface area (Å²) >= 11 is 6.22. The van der Waals surface area contributed by atoms with Crippen molar-refractivity contribution < 1.29 is 27.8 Å². The van der Waals surface area contributed by atoms with E-state index in [2.05, 4.69) is 10.2 Å². The van der Waals surface area contributed by atoms with Gasteiger partial charge in [-0.3, -0.25) is 9.89 Å². The van der Waals surface area contributed by atoms with Crippen molar-refractivity contribution in [2.24, 2.45) is 5.92 Å². The number of phenols is 1. The van der Waals surface area contributed by atoms with E-state index in [0.717, 1.165) is 0 Å². The number of carbonyl (C=O) groups is 1. The highest BCUT2D eigenvalue weighted by Gasteiger charge is 2.48. The number of nitrogens with one attached hydrogen (secondary N) is 1. The third-order valence-electron chi connectivity index (χ3n) is 6.70. The van der Waals surface area contributed by atoms with Crippen LogP contribution in [0, 0.1) is 5.92 Å². The molecule has 2 unspecified atom stereocenters. The van der Waals surface area contributed by atoms with E-state index >= 15 is 0 Å². The zero-order valence-electron chi connectivity index (χ0n) is 20.7. The van der Waals surface area contributed by atoms with Gasteiger partial charge in [0.1, 0.15) is 17.1 Å². The monoisotopic (exact) mass is 545 g/mol. The Balaban J connectivity index is 1.66. The predicted molar refractivity (Wildman–Crippen MR) is 139 cm³/mol. The number of nitrogens with zero attached hydrogens (tertiary/aromatic N) is 2. The first-order valence-corrected chi connectivity index (χ1v) is 14.2. The van der Waals surface area contributed by atoms with Crippen LogP contribution in [0.1, 0.15) is 47.9 Å². The van der Waals surface area contributed by atoms with Gasteiger partial charge in [0.2, 0.25) is 0 Å². The van der Waals surface area contributed by atoms with Gasteiger partial charge in [0.05, 0.1) is 31.3 Å². The van der Waals surface area contributed by atoms with Crippen LogP contribution in [0.5, 0.6) is 17.2 Å². The summed E-state index contributed by atoms with van der Waals surface area (Å²) in [4.78, 5) is 15.3. The molecule has 0 aliphatic carbocycles. The van der Waals surface area contributed by atoms with Crippen molar-refractivity contribution in [1.29, 1.82) is 0 Å². The van der Waals surface area contributed by atoms with Gasteiger partial charge in [0, 0.05) is 22.2 Å². The van der Waals surface area contributed by atoms with Crippen LogP contribution < -0.4 is 9.47 Å². The minimum atomic E-state index is -3.26. The summed E-state index contributed by atoms with van der Waals surface area (Å²) in [6.07, 6.45) is 0.340. The van der Waals surface area contributed by atoms with Crippen LogP contribution in [-0.4, -0.2) is 65.8 Å². The van der Waals surface area contributed by atoms with E-state index in [1.54, 1.807) is 36.3 Å². The van der Waals surface area contributed by atoms with Crippen molar-refractivity contribution in [3.63, 3.8) is 0 Å². The van der Waals surface area contributed by atoms with E-state index in [9.17, 15) is 18.3 Å². The number of carbonyl (C=O) groups excluding carboxylic acids is 1. The Labute approximate surface area is 220 Å². The molecule has 9 nitrogen and oxygen atoms in total. The summed E-state index contributed by atoms with van der Waals surface area (Å²) in [6.45, 7) is 4.60. The van der Waals surface area contributed by atoms with Crippen molar-refractivity contribution in [3.8, 4) is 28.5 Å². The number of aromatic amines is 1. The van der Waals surface area contributed by atoms with E-state index in [0.29, 0.717) is 57.9 Å². The maximum absolute atomic E-state index is 13.7. The van der Waals surface area contributed by atoms with Crippen molar-refractivity contribution in [2.75, 3.05) is 25.2 Å². The van der Waals surface area contributed by atoms with E-state index in [4.69, 9.17) is 21.1 Å². The van der Waals surface area contributed by atoms with Gasteiger partial charge in [0.25, 0.3) is 5.91 Å². The fourth-order valence-corrected chi connectivity index (χ4v) is 6.88. The highest BCUT2D eigenvalue weighted by molar-refractivity contribution is 7.91. The number of hydrogen-bond donors (Lipinski definition) is 2. The van der Waals surface area contributed by atoms with E-state index in [-0.39, 0.29) is 28.9 Å². The molecule has 5 rings (SSSR count). The summed E-state index contributed by atoms with van der Waals surface area (Å²) in [5.41, 5.74) is 2.24. The zero-order valence-corrected chi connectivity index (χ0v) is 22.3. The quantitative estimate of drug-likeness (QED) is 0.456. The molecule has 11 heteroatoms. The SMILES string of the molecule is COc1cc(C2c3c(-c4cc(Cl)ccc4O)n[nH]c3C(=O)N2C2CCS(=O)(=O)C2)ccc1OCC(C)C. The molecule has 0 radical (unpaired) electrons. The first kappa shape index (κ1) is 25.4. The number of sulfone groups is 1. The maximum Gasteiger partial charge on any atom is 0.273 e. The number of phenolic OH excluding ortho intramolecular Hbond substituents is 1. The van der Waals surface area contributed by atoms with Gasteiger partial charge in [-0.15, -0.1) is 0 Å². The van der Waals surface area contributed by atoms with Gasteiger partial charge in [0.15, 0.2) is 21.3 Å². The summed E-state index contributed by atoms with van der Waals surface area (Å²) in [6, 6.07) is 8.87. The zero-order chi connectivity index (χ0) is 26.5. The smallest absolute Gasteiger partial charge is 0.273 e. The standard InChI is InChI=1S/C26H28ClN3O6S/c1-14(2)12-36-20-7-4-15(10-21(20)35-3)25-22-23(18-11-16(27)5-6-19(18)31)28-29-24(22)26(32)30(25)17-8-9-37(33,34)13-17/h4-7,10-11,14,17,25,31H,8-9,12-13H2,1-3H3,(H,28,29). The van der Waals surface area contributed by atoms with Crippen molar-refractivity contribution in [3.05, 3.63) is 58.2 Å². The van der Waals surface area contributed by atoms with Crippen LogP contribution in [-0.2, 0) is 9.84 Å². The second-order valence-corrected chi connectivity index (χ2v) is 12.5. The van der Waals surface area contributed by atoms with E-state index in [1.165, 1.54) is 6.07 Å². The molecule has 1 aromatic heterocycles. The normalized spacial score (nSPS) is 20.5. The van der Waals surface area contributed by atoms with Gasteiger partial charge in [-0.05, 0) is 48.2 Å². The number of aromatic hydroxyl groups is 1. The molecule has 2 aromatic carbocycles. The summed E-state index contributed by atoms with van der Waals surface area (Å²) in [5.74, 6) is 0.903. The third kappa shape index (κ3) is 4.64. The first-order valence-electron chi connectivity index (χ1n) is 12.0. The molecule has 1 amide bonds. The molecule has 1 saturated heterocycles. The summed E-state index contributed by atoms with van der Waals surface area (Å²) < 4.78 is 36.2. The van der Waals surface area contributed by atoms with Crippen molar-refractivity contribution in [1.82, 2.24) is 15.1 Å². The molecule has 2 aliphatic heterocycles. The lowest BCUT2D eigenvalue weighted by molar-refractivity contribution is 0.0677. The van der Waals surface area contributed by atoms with Crippen molar-refractivity contribution >= 4 is 27.3 Å². The second kappa shape index (κ2) is 9.57. The molecule has 3 heterocycles. The number of halogens is 1. The highest BCUT2D eigenvalue weighted by Crippen LogP contribution is 2.48. The van der Waals surface area contributed by atoms with Crippen LogP contribution in [0.15, 0.2) is 36.4 Å². The summed E-state index contributed by atoms with van der Waals surface area (Å²) in [5, 5.41) is 18.2. The fourth-order valence-electron chi connectivity index (χ4n) is 5.00. The molecule has 37 heavy (non-hydrogen) atoms. The van der Waals surface area contributed by atoms with Gasteiger partial charge < -0.3 is 19.5 Å². The van der Waals surface area contributed by atoms with E-state index < -0.39 is 21.9 Å². The number of benzene rings is 2. The molecular weight excluding hydrogens is 518 g/mol. The lowest BCUT2D eigenvalue weighted by Gasteiger charge is -2.31. The minimum Gasteiger partial charge on any atom is -0.507 e.